The zero-order valence-electron chi connectivity index (χ0n) is 49.6. The van der Waals surface area contributed by atoms with E-state index in [0.29, 0.717) is 0 Å². The average Bonchev–Trinajstić information content (AvgIpc) is 4.36. The highest BCUT2D eigenvalue weighted by molar-refractivity contribution is 6.01. The number of pyridine rings is 2. The molecule has 2 aliphatic rings. The molecule has 8 aromatic rings. The van der Waals surface area contributed by atoms with E-state index in [1.807, 2.05) is 24.5 Å². The van der Waals surface area contributed by atoms with Crippen molar-refractivity contribution in [1.82, 2.24) is 29.9 Å². The Morgan fingerprint density at radius 3 is 0.846 bits per heavy atom. The van der Waals surface area contributed by atoms with Gasteiger partial charge in [-0.2, -0.15) is 0 Å². The van der Waals surface area contributed by atoms with Crippen LogP contribution in [0.2, 0.25) is 0 Å². The third-order valence-electron chi connectivity index (χ3n) is 15.6. The molecular weight excluding hydrogens is 949 g/mol. The summed E-state index contributed by atoms with van der Waals surface area (Å²) in [5, 5.41) is 0. The number of aromatic amines is 2. The predicted molar refractivity (Wildman–Crippen MR) is 334 cm³/mol. The van der Waals surface area contributed by atoms with Crippen LogP contribution in [-0.4, -0.2) is 29.9 Å². The van der Waals surface area contributed by atoms with Gasteiger partial charge in [0.15, 0.2) is 0 Å². The summed E-state index contributed by atoms with van der Waals surface area (Å²) < 4.78 is 0. The minimum absolute atomic E-state index is 0.121. The lowest BCUT2D eigenvalue weighted by molar-refractivity contribution is 0.568. The van der Waals surface area contributed by atoms with Gasteiger partial charge in [0.2, 0.25) is 0 Å². The smallest absolute Gasteiger partial charge is 0.0738 e. The third-order valence-corrected chi connectivity index (χ3v) is 15.6. The van der Waals surface area contributed by atoms with E-state index in [1.54, 1.807) is 0 Å². The molecule has 78 heavy (non-hydrogen) atoms. The zero-order valence-corrected chi connectivity index (χ0v) is 49.6. The molecule has 8 bridgehead atoms. The maximum absolute atomic E-state index is 5.83. The van der Waals surface area contributed by atoms with Crippen LogP contribution in [0.15, 0.2) is 122 Å². The van der Waals surface area contributed by atoms with Crippen LogP contribution in [-0.2, 0) is 32.5 Å². The molecule has 0 radical (unpaired) electrons. The number of H-pyrrole nitrogens is 2. The standard InChI is InChI=1S/C72H80N6/c1-67(2,3)46-31-43(32-47(37-46)68(4,5)6)64-56-25-27-58(75-56)65(44-33-48(69(7,8)9)38-49(34-44)70(10,11)12)62-40-52(54-23-19-21-29-73-54)60(77-62)42-61-53(55-24-20-22-30-74-55)41-63(78-61)66(59-28-26-57(64)76-59)45-35-50(71(13,14)15)39-51(36-45)72(16,17)18/h19-42,77-78H,1-18H3. The van der Waals surface area contributed by atoms with Crippen LogP contribution in [0.1, 0.15) is 181 Å². The minimum Gasteiger partial charge on any atom is -0.354 e. The van der Waals surface area contributed by atoms with Gasteiger partial charge in [0.25, 0.3) is 0 Å². The van der Waals surface area contributed by atoms with Crippen molar-refractivity contribution in [2.75, 3.05) is 0 Å². The monoisotopic (exact) mass is 1030 g/mol. The lowest BCUT2D eigenvalue weighted by Crippen LogP contribution is -2.16. The molecule has 2 N–H and O–H groups in total. The van der Waals surface area contributed by atoms with Gasteiger partial charge < -0.3 is 9.97 Å². The van der Waals surface area contributed by atoms with Gasteiger partial charge in [-0.15, -0.1) is 0 Å². The number of nitrogens with zero attached hydrogens (tertiary/aromatic N) is 4. The summed E-state index contributed by atoms with van der Waals surface area (Å²) in [5.74, 6) is 0. The predicted octanol–water partition coefficient (Wildman–Crippen LogP) is 19.6. The van der Waals surface area contributed by atoms with E-state index in [4.69, 9.17) is 19.9 Å². The molecule has 0 saturated carbocycles. The molecule has 3 aromatic carbocycles. The fraction of sp³-hybridized carbons (Fsp3) is 0.333. The second-order valence-corrected chi connectivity index (χ2v) is 28.0. The maximum Gasteiger partial charge on any atom is 0.0738 e. The fourth-order valence-corrected chi connectivity index (χ4v) is 10.6. The van der Waals surface area contributed by atoms with Crippen molar-refractivity contribution in [2.24, 2.45) is 0 Å². The molecule has 0 amide bonds. The summed E-state index contributed by atoms with van der Waals surface area (Å²) in [4.78, 5) is 29.8. The van der Waals surface area contributed by atoms with Crippen molar-refractivity contribution in [3.63, 3.8) is 0 Å². The van der Waals surface area contributed by atoms with Crippen LogP contribution in [0.4, 0.5) is 0 Å². The van der Waals surface area contributed by atoms with Crippen molar-refractivity contribution in [1.29, 1.82) is 0 Å². The summed E-state index contributed by atoms with van der Waals surface area (Å²) in [6, 6.07) is 40.6. The quantitative estimate of drug-likeness (QED) is 0.180. The Balaban J connectivity index is 1.48. The largest absolute Gasteiger partial charge is 0.354 e. The van der Waals surface area contributed by atoms with Crippen LogP contribution in [0.5, 0.6) is 0 Å². The van der Waals surface area contributed by atoms with Gasteiger partial charge in [0.05, 0.1) is 45.2 Å². The number of benzene rings is 3. The Morgan fingerprint density at radius 1 is 0.295 bits per heavy atom. The SMILES string of the molecule is CC(C)(C)c1cc(-c2c3nc(c(-c4cc(C(C)(C)C)cc(C(C)(C)C)c4)c4cc(-c5ccccn5)c(cc5[nH]c(cc5-c5ccccn5)c(-c5cc(C(C)(C)C)cc(C(C)(C)C)c5)c5nc2C=C5)[nH]4)C=C3)cc(C(C)(C)C)c1. The Kier molecular flexibility index (Phi) is 13.3. The molecular formula is C72H80N6. The lowest BCUT2D eigenvalue weighted by Gasteiger charge is -2.26. The van der Waals surface area contributed by atoms with Crippen molar-refractivity contribution in [3.8, 4) is 55.9 Å². The number of hydrogen-bond acceptors (Lipinski definition) is 4. The molecule has 0 atom stereocenters. The second kappa shape index (κ2) is 19.2. The number of hydrogen-bond donors (Lipinski definition) is 2. The van der Waals surface area contributed by atoms with E-state index in [9.17, 15) is 0 Å². The molecule has 0 spiro atoms. The highest BCUT2D eigenvalue weighted by Crippen LogP contribution is 2.44. The van der Waals surface area contributed by atoms with Gasteiger partial charge in [0.1, 0.15) is 0 Å². The van der Waals surface area contributed by atoms with Crippen molar-refractivity contribution in [2.45, 2.75) is 157 Å². The van der Waals surface area contributed by atoms with E-state index in [2.05, 4.69) is 256 Å². The Hall–Kier alpha value is -7.44. The molecule has 0 fully saturated rings. The van der Waals surface area contributed by atoms with E-state index in [1.165, 1.54) is 33.4 Å². The summed E-state index contributed by atoms with van der Waals surface area (Å²) in [6.07, 6.45) is 12.6. The first-order chi connectivity index (χ1) is 36.4. The number of fused-ring (bicyclic) bond motifs is 8. The fourth-order valence-electron chi connectivity index (χ4n) is 10.6. The van der Waals surface area contributed by atoms with Gasteiger partial charge in [-0.1, -0.05) is 191 Å². The molecule has 6 nitrogen and oxygen atoms in total. The summed E-state index contributed by atoms with van der Waals surface area (Å²) in [6.45, 7) is 41.5. The Morgan fingerprint density at radius 2 is 0.577 bits per heavy atom. The highest BCUT2D eigenvalue weighted by atomic mass is 14.8. The van der Waals surface area contributed by atoms with Crippen LogP contribution < -0.4 is 0 Å². The Labute approximate surface area is 464 Å². The van der Waals surface area contributed by atoms with Crippen molar-refractivity contribution in [3.05, 3.63) is 178 Å². The molecule has 10 rings (SSSR count). The first kappa shape index (κ1) is 53.9. The average molecular weight is 1030 g/mol. The number of rotatable bonds is 5. The molecule has 7 heterocycles. The first-order valence-electron chi connectivity index (χ1n) is 27.9. The molecule has 0 saturated heterocycles. The minimum atomic E-state index is -0.123. The molecule has 0 unspecified atom stereocenters. The van der Waals surface area contributed by atoms with Crippen molar-refractivity contribution >= 4 is 46.4 Å². The van der Waals surface area contributed by atoms with Gasteiger partial charge >= 0.3 is 0 Å². The van der Waals surface area contributed by atoms with Crippen molar-refractivity contribution < 1.29 is 0 Å². The van der Waals surface area contributed by atoms with Gasteiger partial charge in [-0.25, -0.2) is 9.97 Å². The van der Waals surface area contributed by atoms with Crippen LogP contribution in [0, 0.1) is 0 Å². The summed E-state index contributed by atoms with van der Waals surface area (Å²) in [5.41, 5.74) is 24.0. The number of aromatic nitrogens is 6. The molecule has 5 aromatic heterocycles. The topological polar surface area (TPSA) is 83.1 Å². The third kappa shape index (κ3) is 10.8. The normalized spacial score (nSPS) is 13.4. The first-order valence-corrected chi connectivity index (χ1v) is 27.9. The van der Waals surface area contributed by atoms with E-state index < -0.39 is 0 Å². The van der Waals surface area contributed by atoms with Gasteiger partial charge in [-0.3, -0.25) is 9.97 Å². The Bertz CT molecular complexity index is 3560. The summed E-state index contributed by atoms with van der Waals surface area (Å²) in [7, 11) is 0. The van der Waals surface area contributed by atoms with Gasteiger partial charge in [-0.05, 0) is 149 Å². The molecule has 0 aliphatic carbocycles. The molecule has 6 heteroatoms. The van der Waals surface area contributed by atoms with E-state index in [-0.39, 0.29) is 32.5 Å². The lowest BCUT2D eigenvalue weighted by atomic mass is 9.78. The van der Waals surface area contributed by atoms with Crippen LogP contribution in [0.25, 0.3) is 102 Å². The van der Waals surface area contributed by atoms with E-state index in [0.717, 1.165) is 101 Å². The maximum atomic E-state index is 5.83. The van der Waals surface area contributed by atoms with Crippen LogP contribution >= 0.6 is 0 Å². The molecule has 398 valence electrons. The zero-order chi connectivity index (χ0) is 56.1. The van der Waals surface area contributed by atoms with E-state index >= 15 is 0 Å². The number of nitrogens with one attached hydrogen (secondary N) is 2. The molecule has 2 aliphatic heterocycles. The summed E-state index contributed by atoms with van der Waals surface area (Å²) >= 11 is 0. The van der Waals surface area contributed by atoms with Crippen LogP contribution in [0.3, 0.4) is 0 Å². The van der Waals surface area contributed by atoms with Gasteiger partial charge in [0, 0.05) is 51.2 Å². The highest BCUT2D eigenvalue weighted by Gasteiger charge is 2.28. The second-order valence-electron chi connectivity index (χ2n) is 28.0.